The molecule has 2 fully saturated rings. The fourth-order valence-corrected chi connectivity index (χ4v) is 5.43. The Balaban J connectivity index is 1.40. The van der Waals surface area contributed by atoms with Crippen molar-refractivity contribution in [1.29, 1.82) is 0 Å². The zero-order chi connectivity index (χ0) is 20.3. The number of pyridine rings is 1. The molecule has 3 aliphatic rings. The first-order chi connectivity index (χ1) is 14.7. The smallest absolute Gasteiger partial charge is 0.271 e. The van der Waals surface area contributed by atoms with Crippen LogP contribution in [0, 0.1) is 0 Å². The molecule has 0 bridgehead atoms. The molecule has 152 valence electrons. The molecule has 2 aliphatic heterocycles. The first-order valence-corrected chi connectivity index (χ1v) is 10.9. The second-order valence-corrected chi connectivity index (χ2v) is 8.91. The lowest BCUT2D eigenvalue weighted by Gasteiger charge is -2.34. The molecule has 2 aromatic heterocycles. The number of aromatic nitrogens is 2. The second kappa shape index (κ2) is 6.46. The molecule has 1 unspecified atom stereocenters. The van der Waals surface area contributed by atoms with Gasteiger partial charge in [-0.1, -0.05) is 18.2 Å². The average Bonchev–Trinajstić information content (AvgIpc) is 3.48. The number of carbonyl (C=O) groups is 1. The van der Waals surface area contributed by atoms with Gasteiger partial charge in [0.1, 0.15) is 11.5 Å². The minimum Gasteiger partial charge on any atom is -0.356 e. The van der Waals surface area contributed by atoms with Gasteiger partial charge in [-0.05, 0) is 61.6 Å². The molecule has 0 radical (unpaired) electrons. The number of amides is 1. The van der Waals surface area contributed by atoms with Gasteiger partial charge < -0.3 is 14.4 Å². The van der Waals surface area contributed by atoms with Crippen LogP contribution < -0.4 is 4.90 Å². The van der Waals surface area contributed by atoms with Crippen LogP contribution >= 0.6 is 0 Å². The van der Waals surface area contributed by atoms with E-state index in [-0.39, 0.29) is 11.4 Å². The van der Waals surface area contributed by atoms with Crippen LogP contribution in [0.15, 0.2) is 60.9 Å². The SMILES string of the molecule is CN1C(=O)c2cccn2-c2cc(C3CCCN(c4ccccn4)C3)ccc2C12CC2. The third-order valence-corrected chi connectivity index (χ3v) is 7.29. The van der Waals surface area contributed by atoms with Gasteiger partial charge in [0.15, 0.2) is 0 Å². The van der Waals surface area contributed by atoms with Crippen molar-refractivity contribution < 1.29 is 4.79 Å². The van der Waals surface area contributed by atoms with E-state index in [1.165, 1.54) is 23.2 Å². The Labute approximate surface area is 176 Å². The Morgan fingerprint density at radius 2 is 2.00 bits per heavy atom. The van der Waals surface area contributed by atoms with Crippen molar-refractivity contribution >= 4 is 11.7 Å². The molecule has 3 aromatic rings. The summed E-state index contributed by atoms with van der Waals surface area (Å²) in [6.07, 6.45) is 8.35. The Morgan fingerprint density at radius 1 is 1.10 bits per heavy atom. The fraction of sp³-hybridized carbons (Fsp3) is 0.360. The highest BCUT2D eigenvalue weighted by Crippen LogP contribution is 2.54. The van der Waals surface area contributed by atoms with Crippen LogP contribution in [0.1, 0.15) is 53.2 Å². The maximum absolute atomic E-state index is 13.1. The molecule has 1 amide bonds. The number of piperidine rings is 1. The van der Waals surface area contributed by atoms with Crippen molar-refractivity contribution in [2.45, 2.75) is 37.1 Å². The van der Waals surface area contributed by atoms with Crippen LogP contribution in [0.5, 0.6) is 0 Å². The molecule has 1 atom stereocenters. The van der Waals surface area contributed by atoms with E-state index in [4.69, 9.17) is 0 Å². The van der Waals surface area contributed by atoms with Gasteiger partial charge in [0.05, 0.1) is 11.2 Å². The molecular weight excluding hydrogens is 372 g/mol. The molecule has 5 nitrogen and oxygen atoms in total. The van der Waals surface area contributed by atoms with E-state index in [1.54, 1.807) is 0 Å². The average molecular weight is 399 g/mol. The Morgan fingerprint density at radius 3 is 2.80 bits per heavy atom. The summed E-state index contributed by atoms with van der Waals surface area (Å²) in [4.78, 5) is 22.0. The molecule has 1 aromatic carbocycles. The highest BCUT2D eigenvalue weighted by molar-refractivity contribution is 5.95. The standard InChI is InChI=1S/C25H26N4O/c1-27-24(30)21-7-5-15-29(21)22-16-18(9-10-20(22)25(27)11-12-25)19-6-4-14-28(17-19)23-8-2-3-13-26-23/h2-3,5,7-10,13,15-16,19H,4,6,11-12,14,17H2,1H3. The number of carbonyl (C=O) groups excluding carboxylic acids is 1. The maximum atomic E-state index is 13.1. The molecule has 6 rings (SSSR count). The lowest BCUT2D eigenvalue weighted by Crippen LogP contribution is -2.36. The lowest BCUT2D eigenvalue weighted by atomic mass is 9.88. The Hall–Kier alpha value is -3.08. The summed E-state index contributed by atoms with van der Waals surface area (Å²) in [5.41, 5.74) is 4.46. The number of nitrogens with zero attached hydrogens (tertiary/aromatic N) is 4. The molecule has 5 heteroatoms. The summed E-state index contributed by atoms with van der Waals surface area (Å²) in [5.74, 6) is 1.65. The number of hydrogen-bond acceptors (Lipinski definition) is 3. The number of hydrogen-bond donors (Lipinski definition) is 0. The molecule has 1 saturated heterocycles. The van der Waals surface area contributed by atoms with Crippen molar-refractivity contribution in [1.82, 2.24) is 14.5 Å². The summed E-state index contributed by atoms with van der Waals surface area (Å²) >= 11 is 0. The van der Waals surface area contributed by atoms with Crippen LogP contribution in [0.4, 0.5) is 5.82 Å². The van der Waals surface area contributed by atoms with E-state index in [1.807, 2.05) is 42.5 Å². The van der Waals surface area contributed by atoms with Gasteiger partial charge in [0.25, 0.3) is 5.91 Å². The predicted octanol–water partition coefficient (Wildman–Crippen LogP) is 4.33. The van der Waals surface area contributed by atoms with E-state index in [0.29, 0.717) is 5.92 Å². The largest absolute Gasteiger partial charge is 0.356 e. The summed E-state index contributed by atoms with van der Waals surface area (Å²) in [6, 6.07) is 17.0. The van der Waals surface area contributed by atoms with Gasteiger partial charge in [0.2, 0.25) is 0 Å². The third kappa shape index (κ3) is 2.54. The predicted molar refractivity (Wildman–Crippen MR) is 117 cm³/mol. The molecule has 30 heavy (non-hydrogen) atoms. The molecule has 0 N–H and O–H groups in total. The van der Waals surface area contributed by atoms with Gasteiger partial charge >= 0.3 is 0 Å². The first kappa shape index (κ1) is 17.8. The van der Waals surface area contributed by atoms with Crippen LogP contribution in [0.3, 0.4) is 0 Å². The molecule has 1 aliphatic carbocycles. The summed E-state index contributed by atoms with van der Waals surface area (Å²) in [7, 11) is 1.96. The highest BCUT2D eigenvalue weighted by Gasteiger charge is 2.53. The second-order valence-electron chi connectivity index (χ2n) is 8.91. The molecule has 4 heterocycles. The maximum Gasteiger partial charge on any atom is 0.271 e. The number of benzene rings is 1. The molecule has 1 saturated carbocycles. The fourth-order valence-electron chi connectivity index (χ4n) is 5.43. The number of anilines is 1. The quantitative estimate of drug-likeness (QED) is 0.645. The third-order valence-electron chi connectivity index (χ3n) is 7.29. The van der Waals surface area contributed by atoms with E-state index in [2.05, 4.69) is 44.8 Å². The van der Waals surface area contributed by atoms with Crippen LogP contribution in [-0.2, 0) is 5.54 Å². The van der Waals surface area contributed by atoms with Gasteiger partial charge in [-0.25, -0.2) is 4.98 Å². The minimum absolute atomic E-state index is 0.120. The zero-order valence-electron chi connectivity index (χ0n) is 17.3. The van der Waals surface area contributed by atoms with Gasteiger partial charge in [-0.2, -0.15) is 0 Å². The van der Waals surface area contributed by atoms with Crippen molar-refractivity contribution in [3.63, 3.8) is 0 Å². The van der Waals surface area contributed by atoms with Crippen LogP contribution in [-0.4, -0.2) is 40.5 Å². The van der Waals surface area contributed by atoms with Gasteiger partial charge in [-0.15, -0.1) is 0 Å². The molecule has 1 spiro atoms. The van der Waals surface area contributed by atoms with Crippen LogP contribution in [0.2, 0.25) is 0 Å². The Bertz CT molecular complexity index is 1120. The monoisotopic (exact) mass is 398 g/mol. The van der Waals surface area contributed by atoms with Crippen LogP contribution in [0.25, 0.3) is 5.69 Å². The number of fused-ring (bicyclic) bond motifs is 4. The van der Waals surface area contributed by atoms with E-state index in [0.717, 1.165) is 43.9 Å². The highest BCUT2D eigenvalue weighted by atomic mass is 16.2. The van der Waals surface area contributed by atoms with Gasteiger partial charge in [-0.3, -0.25) is 4.79 Å². The topological polar surface area (TPSA) is 41.4 Å². The Kier molecular flexibility index (Phi) is 3.82. The van der Waals surface area contributed by atoms with Crippen molar-refractivity contribution in [3.8, 4) is 5.69 Å². The molecular formula is C25H26N4O. The van der Waals surface area contributed by atoms with Crippen molar-refractivity contribution in [2.24, 2.45) is 0 Å². The van der Waals surface area contributed by atoms with Gasteiger partial charge in [0, 0.05) is 44.0 Å². The normalized spacial score (nSPS) is 21.9. The van der Waals surface area contributed by atoms with E-state index >= 15 is 0 Å². The van der Waals surface area contributed by atoms with Crippen molar-refractivity contribution in [3.05, 3.63) is 77.7 Å². The summed E-state index contributed by atoms with van der Waals surface area (Å²) in [6.45, 7) is 2.04. The minimum atomic E-state index is -0.128. The summed E-state index contributed by atoms with van der Waals surface area (Å²) < 4.78 is 2.10. The zero-order valence-corrected chi connectivity index (χ0v) is 17.3. The summed E-state index contributed by atoms with van der Waals surface area (Å²) in [5, 5.41) is 0. The van der Waals surface area contributed by atoms with Crippen molar-refractivity contribution in [2.75, 3.05) is 25.0 Å². The van der Waals surface area contributed by atoms with E-state index < -0.39 is 0 Å². The first-order valence-electron chi connectivity index (χ1n) is 10.9. The van der Waals surface area contributed by atoms with E-state index in [9.17, 15) is 4.79 Å². The number of rotatable bonds is 2. The lowest BCUT2D eigenvalue weighted by molar-refractivity contribution is 0.0705.